The first-order chi connectivity index (χ1) is 10.7. The SMILES string of the molecule is COC1CN(C(=O)C=Cc2ccccc2)CC(OC)N1OC. The van der Waals surface area contributed by atoms with Crippen LogP contribution >= 0.6 is 0 Å². The van der Waals surface area contributed by atoms with Crippen molar-refractivity contribution in [3.05, 3.63) is 42.0 Å². The molecule has 0 aliphatic carbocycles. The fraction of sp³-hybridized carbons (Fsp3) is 0.438. The molecule has 0 saturated carbocycles. The maximum atomic E-state index is 12.4. The first-order valence-corrected chi connectivity index (χ1v) is 7.09. The molecule has 0 bridgehead atoms. The molecule has 1 aromatic carbocycles. The van der Waals surface area contributed by atoms with Crippen LogP contribution in [0.2, 0.25) is 0 Å². The Morgan fingerprint density at radius 2 is 1.68 bits per heavy atom. The highest BCUT2D eigenvalue weighted by Gasteiger charge is 2.36. The number of benzene rings is 1. The Balaban J connectivity index is 2.05. The van der Waals surface area contributed by atoms with Crippen LogP contribution in [-0.4, -0.2) is 62.7 Å². The van der Waals surface area contributed by atoms with E-state index in [2.05, 4.69) is 0 Å². The van der Waals surface area contributed by atoms with Gasteiger partial charge in [0.05, 0.1) is 20.2 Å². The summed E-state index contributed by atoms with van der Waals surface area (Å²) in [5.41, 5.74) is 0.984. The van der Waals surface area contributed by atoms with Gasteiger partial charge >= 0.3 is 0 Å². The molecule has 1 aliphatic rings. The zero-order valence-electron chi connectivity index (χ0n) is 13.1. The zero-order chi connectivity index (χ0) is 15.9. The lowest BCUT2D eigenvalue weighted by molar-refractivity contribution is -0.318. The molecular weight excluding hydrogens is 284 g/mol. The van der Waals surface area contributed by atoms with Gasteiger partial charge in [0.15, 0.2) is 12.5 Å². The third-order valence-electron chi connectivity index (χ3n) is 3.61. The number of hydrogen-bond acceptors (Lipinski definition) is 5. The molecule has 0 radical (unpaired) electrons. The Bertz CT molecular complexity index is 492. The molecule has 0 N–H and O–H groups in total. The molecule has 120 valence electrons. The first kappa shape index (κ1) is 16.6. The monoisotopic (exact) mass is 306 g/mol. The maximum Gasteiger partial charge on any atom is 0.246 e. The summed E-state index contributed by atoms with van der Waals surface area (Å²) in [7, 11) is 4.72. The van der Waals surface area contributed by atoms with Gasteiger partial charge in [-0.2, -0.15) is 0 Å². The molecule has 6 nitrogen and oxygen atoms in total. The number of hydroxylamine groups is 2. The van der Waals surface area contributed by atoms with E-state index in [0.717, 1.165) is 5.56 Å². The second-order valence-corrected chi connectivity index (χ2v) is 4.91. The van der Waals surface area contributed by atoms with Gasteiger partial charge in [0.2, 0.25) is 5.91 Å². The highest BCUT2D eigenvalue weighted by molar-refractivity contribution is 5.91. The largest absolute Gasteiger partial charge is 0.362 e. The summed E-state index contributed by atoms with van der Waals surface area (Å²) in [6, 6.07) is 9.70. The summed E-state index contributed by atoms with van der Waals surface area (Å²) in [5, 5.41) is 1.62. The number of piperazine rings is 1. The second kappa shape index (κ2) is 8.05. The number of nitrogens with zero attached hydrogens (tertiary/aromatic N) is 2. The van der Waals surface area contributed by atoms with Crippen LogP contribution in [0.15, 0.2) is 36.4 Å². The summed E-state index contributed by atoms with van der Waals surface area (Å²) >= 11 is 0. The molecule has 2 atom stereocenters. The van der Waals surface area contributed by atoms with Crippen molar-refractivity contribution in [2.24, 2.45) is 0 Å². The van der Waals surface area contributed by atoms with E-state index in [0.29, 0.717) is 13.1 Å². The Kier molecular flexibility index (Phi) is 6.09. The highest BCUT2D eigenvalue weighted by atomic mass is 16.7. The third kappa shape index (κ3) is 3.92. The minimum Gasteiger partial charge on any atom is -0.362 e. The summed E-state index contributed by atoms with van der Waals surface area (Å²) < 4.78 is 10.7. The van der Waals surface area contributed by atoms with Gasteiger partial charge < -0.3 is 14.4 Å². The molecule has 1 aromatic rings. The molecule has 1 fully saturated rings. The van der Waals surface area contributed by atoms with E-state index in [1.807, 2.05) is 30.3 Å². The van der Waals surface area contributed by atoms with E-state index in [1.54, 1.807) is 43.4 Å². The lowest BCUT2D eigenvalue weighted by Gasteiger charge is -2.42. The Morgan fingerprint density at radius 3 is 2.18 bits per heavy atom. The smallest absolute Gasteiger partial charge is 0.246 e. The molecule has 2 unspecified atom stereocenters. The average molecular weight is 306 g/mol. The molecule has 22 heavy (non-hydrogen) atoms. The van der Waals surface area contributed by atoms with Crippen molar-refractivity contribution in [2.45, 2.75) is 12.5 Å². The Labute approximate surface area is 130 Å². The van der Waals surface area contributed by atoms with Gasteiger partial charge in [-0.3, -0.25) is 9.63 Å². The molecular formula is C16H22N2O4. The van der Waals surface area contributed by atoms with Crippen LogP contribution < -0.4 is 0 Å². The van der Waals surface area contributed by atoms with E-state index in [4.69, 9.17) is 14.3 Å². The number of hydrogen-bond donors (Lipinski definition) is 0. The number of carbonyl (C=O) groups excluding carboxylic acids is 1. The molecule has 6 heteroatoms. The molecule has 0 spiro atoms. The van der Waals surface area contributed by atoms with Crippen molar-refractivity contribution < 1.29 is 19.1 Å². The van der Waals surface area contributed by atoms with Gasteiger partial charge in [-0.05, 0) is 11.6 Å². The van der Waals surface area contributed by atoms with Crippen molar-refractivity contribution in [3.63, 3.8) is 0 Å². The van der Waals surface area contributed by atoms with Crippen molar-refractivity contribution >= 4 is 12.0 Å². The van der Waals surface area contributed by atoms with Crippen LogP contribution in [0.3, 0.4) is 0 Å². The predicted octanol–water partition coefficient (Wildman–Crippen LogP) is 1.35. The average Bonchev–Trinajstić information content (AvgIpc) is 2.59. The van der Waals surface area contributed by atoms with Crippen LogP contribution in [0.25, 0.3) is 6.08 Å². The van der Waals surface area contributed by atoms with Crippen molar-refractivity contribution in [1.29, 1.82) is 0 Å². The normalized spacial score (nSPS) is 23.1. The van der Waals surface area contributed by atoms with Gasteiger partial charge in [0, 0.05) is 20.3 Å². The van der Waals surface area contributed by atoms with Gasteiger partial charge in [0.1, 0.15) is 0 Å². The molecule has 1 heterocycles. The van der Waals surface area contributed by atoms with Crippen LogP contribution in [0.4, 0.5) is 0 Å². The first-order valence-electron chi connectivity index (χ1n) is 7.09. The van der Waals surface area contributed by atoms with Gasteiger partial charge in [-0.15, -0.1) is 5.06 Å². The minimum absolute atomic E-state index is 0.0799. The number of amides is 1. The van der Waals surface area contributed by atoms with Crippen molar-refractivity contribution in [1.82, 2.24) is 9.96 Å². The van der Waals surface area contributed by atoms with Gasteiger partial charge in [0.25, 0.3) is 0 Å². The summed E-state index contributed by atoms with van der Waals surface area (Å²) in [6.45, 7) is 0.838. The fourth-order valence-corrected chi connectivity index (χ4v) is 2.41. The topological polar surface area (TPSA) is 51.2 Å². The summed E-state index contributed by atoms with van der Waals surface area (Å²) in [6.07, 6.45) is 2.64. The van der Waals surface area contributed by atoms with E-state index in [9.17, 15) is 4.79 Å². The van der Waals surface area contributed by atoms with Crippen molar-refractivity contribution in [3.8, 4) is 0 Å². The van der Waals surface area contributed by atoms with Crippen LogP contribution in [0.5, 0.6) is 0 Å². The van der Waals surface area contributed by atoms with Gasteiger partial charge in [-0.1, -0.05) is 30.3 Å². The second-order valence-electron chi connectivity index (χ2n) is 4.91. The van der Waals surface area contributed by atoms with Crippen LogP contribution in [0, 0.1) is 0 Å². The van der Waals surface area contributed by atoms with E-state index in [1.165, 1.54) is 0 Å². The number of carbonyl (C=O) groups is 1. The maximum absolute atomic E-state index is 12.4. The summed E-state index contributed by atoms with van der Waals surface area (Å²) in [5.74, 6) is -0.0799. The summed E-state index contributed by atoms with van der Waals surface area (Å²) in [4.78, 5) is 19.3. The van der Waals surface area contributed by atoms with Gasteiger partial charge in [-0.25, -0.2) is 0 Å². The van der Waals surface area contributed by atoms with Crippen molar-refractivity contribution in [2.75, 3.05) is 34.4 Å². The fourth-order valence-electron chi connectivity index (χ4n) is 2.41. The molecule has 1 aliphatic heterocycles. The lowest BCUT2D eigenvalue weighted by Crippen LogP contribution is -2.60. The van der Waals surface area contributed by atoms with Crippen LogP contribution in [0.1, 0.15) is 5.56 Å². The molecule has 1 saturated heterocycles. The highest BCUT2D eigenvalue weighted by Crippen LogP contribution is 2.17. The van der Waals surface area contributed by atoms with E-state index >= 15 is 0 Å². The predicted molar refractivity (Wildman–Crippen MR) is 82.5 cm³/mol. The number of ether oxygens (including phenoxy) is 2. The standard InChI is InChI=1S/C16H22N2O4/c1-20-15-11-17(12-16(21-2)18(15)22-3)14(19)10-9-13-7-5-4-6-8-13/h4-10,15-16H,11-12H2,1-3H3. The molecule has 0 aromatic heterocycles. The van der Waals surface area contributed by atoms with E-state index < -0.39 is 0 Å². The quantitative estimate of drug-likeness (QED) is 0.769. The Hall–Kier alpha value is -1.73. The minimum atomic E-state index is -0.363. The molecule has 1 amide bonds. The number of methoxy groups -OCH3 is 2. The van der Waals surface area contributed by atoms with Crippen LogP contribution in [-0.2, 0) is 19.1 Å². The molecule has 2 rings (SSSR count). The lowest BCUT2D eigenvalue weighted by atomic mass is 10.2. The van der Waals surface area contributed by atoms with E-state index in [-0.39, 0.29) is 18.4 Å². The zero-order valence-corrected chi connectivity index (χ0v) is 13.1. The Morgan fingerprint density at radius 1 is 1.09 bits per heavy atom. The number of rotatable bonds is 5. The third-order valence-corrected chi connectivity index (χ3v) is 3.61.